The number of fused-ring (bicyclic) bond motifs is 1. The number of carbonyl (C=O) groups excluding carboxylic acids is 3. The first kappa shape index (κ1) is 18.7. The number of halogens is 1. The molecule has 0 saturated carbocycles. The highest BCUT2D eigenvalue weighted by Gasteiger charge is 2.43. The summed E-state index contributed by atoms with van der Waals surface area (Å²) in [5.74, 6) is -1.17. The van der Waals surface area contributed by atoms with Crippen LogP contribution in [0.2, 0.25) is 5.02 Å². The maximum Gasteiger partial charge on any atom is 0.250 e. The number of hydrogen-bond donors (Lipinski definition) is 3. The summed E-state index contributed by atoms with van der Waals surface area (Å²) >= 11 is 6.03. The lowest BCUT2D eigenvalue weighted by molar-refractivity contribution is -0.125. The standard InChI is InChI=1S/C19H19ClN4O3/c1-19(2)18(27)23-14-5-3-4-6-15(14)24(19)16(25)10-22-11-7-8-12(17(21)26)13(20)9-11/h3-9,22H,10H2,1-2H3,(H2,21,26)(H,23,27). The number of nitrogens with zero attached hydrogens (tertiary/aromatic N) is 1. The van der Waals surface area contributed by atoms with Crippen molar-refractivity contribution in [1.29, 1.82) is 0 Å². The Morgan fingerprint density at radius 3 is 2.59 bits per heavy atom. The van der Waals surface area contributed by atoms with Gasteiger partial charge in [0.25, 0.3) is 0 Å². The average Bonchev–Trinajstić information content (AvgIpc) is 2.60. The molecule has 0 aromatic heterocycles. The summed E-state index contributed by atoms with van der Waals surface area (Å²) < 4.78 is 0. The first-order valence-corrected chi connectivity index (χ1v) is 8.66. The van der Waals surface area contributed by atoms with Crippen LogP contribution in [-0.2, 0) is 9.59 Å². The summed E-state index contributed by atoms with van der Waals surface area (Å²) in [6.45, 7) is 3.32. The maximum atomic E-state index is 12.9. The molecule has 0 saturated heterocycles. The molecule has 0 fully saturated rings. The maximum absolute atomic E-state index is 12.9. The summed E-state index contributed by atoms with van der Waals surface area (Å²) in [7, 11) is 0. The van der Waals surface area contributed by atoms with Crippen LogP contribution < -0.4 is 21.3 Å². The van der Waals surface area contributed by atoms with Gasteiger partial charge in [0.2, 0.25) is 17.7 Å². The van der Waals surface area contributed by atoms with Crippen molar-refractivity contribution < 1.29 is 14.4 Å². The largest absolute Gasteiger partial charge is 0.376 e. The number of benzene rings is 2. The molecular weight excluding hydrogens is 368 g/mol. The number of carbonyl (C=O) groups is 3. The molecule has 0 aliphatic carbocycles. The van der Waals surface area contributed by atoms with E-state index >= 15 is 0 Å². The molecule has 4 N–H and O–H groups in total. The van der Waals surface area contributed by atoms with Gasteiger partial charge in [-0.2, -0.15) is 0 Å². The molecule has 2 aromatic carbocycles. The molecular formula is C19H19ClN4O3. The molecule has 3 rings (SSSR count). The van der Waals surface area contributed by atoms with Crippen molar-refractivity contribution in [2.75, 3.05) is 22.1 Å². The number of anilines is 3. The van der Waals surface area contributed by atoms with Gasteiger partial charge >= 0.3 is 0 Å². The van der Waals surface area contributed by atoms with Crippen molar-refractivity contribution in [2.45, 2.75) is 19.4 Å². The van der Waals surface area contributed by atoms with Gasteiger partial charge in [-0.1, -0.05) is 23.7 Å². The van der Waals surface area contributed by atoms with E-state index in [4.69, 9.17) is 17.3 Å². The highest BCUT2D eigenvalue weighted by atomic mass is 35.5. The number of hydrogen-bond acceptors (Lipinski definition) is 4. The summed E-state index contributed by atoms with van der Waals surface area (Å²) in [5.41, 5.74) is 6.18. The van der Waals surface area contributed by atoms with E-state index in [1.54, 1.807) is 38.1 Å². The second kappa shape index (κ2) is 6.92. The SMILES string of the molecule is CC1(C)C(=O)Nc2ccccc2N1C(=O)CNc1ccc(C(N)=O)c(Cl)c1. The van der Waals surface area contributed by atoms with Crippen LogP contribution in [0.25, 0.3) is 0 Å². The van der Waals surface area contributed by atoms with Crippen molar-refractivity contribution in [3.05, 3.63) is 53.1 Å². The molecule has 0 radical (unpaired) electrons. The average molecular weight is 387 g/mol. The smallest absolute Gasteiger partial charge is 0.250 e. The summed E-state index contributed by atoms with van der Waals surface area (Å²) in [5, 5.41) is 5.99. The highest BCUT2D eigenvalue weighted by molar-refractivity contribution is 6.34. The van der Waals surface area contributed by atoms with Gasteiger partial charge in [0.05, 0.1) is 28.5 Å². The normalized spacial score (nSPS) is 14.9. The lowest BCUT2D eigenvalue weighted by atomic mass is 9.96. The van der Waals surface area contributed by atoms with Crippen molar-refractivity contribution in [2.24, 2.45) is 5.73 Å². The third kappa shape index (κ3) is 3.46. The lowest BCUT2D eigenvalue weighted by Gasteiger charge is -2.42. The fraction of sp³-hybridized carbons (Fsp3) is 0.211. The second-order valence-electron chi connectivity index (χ2n) is 6.67. The molecule has 3 amide bonds. The van der Waals surface area contributed by atoms with Gasteiger partial charge in [0.15, 0.2) is 0 Å². The van der Waals surface area contributed by atoms with Crippen LogP contribution in [-0.4, -0.2) is 29.8 Å². The topological polar surface area (TPSA) is 105 Å². The lowest BCUT2D eigenvalue weighted by Crippen LogP contribution is -2.59. The first-order chi connectivity index (χ1) is 12.7. The van der Waals surface area contributed by atoms with Gasteiger partial charge in [-0.25, -0.2) is 0 Å². The van der Waals surface area contributed by atoms with Gasteiger partial charge in [0.1, 0.15) is 5.54 Å². The molecule has 0 bridgehead atoms. The number of nitrogens with two attached hydrogens (primary N) is 1. The summed E-state index contributed by atoms with van der Waals surface area (Å²) in [6, 6.07) is 11.8. The van der Waals surface area contributed by atoms with Gasteiger partial charge < -0.3 is 16.4 Å². The molecule has 2 aromatic rings. The minimum atomic E-state index is -1.04. The Bertz CT molecular complexity index is 942. The predicted octanol–water partition coefficient (Wildman–Crippen LogP) is 2.61. The van der Waals surface area contributed by atoms with Gasteiger partial charge in [-0.3, -0.25) is 19.3 Å². The van der Waals surface area contributed by atoms with E-state index in [2.05, 4.69) is 10.6 Å². The van der Waals surface area contributed by atoms with E-state index in [0.717, 1.165) is 0 Å². The fourth-order valence-electron chi connectivity index (χ4n) is 2.98. The second-order valence-corrected chi connectivity index (χ2v) is 7.08. The molecule has 1 heterocycles. The Morgan fingerprint density at radius 1 is 1.22 bits per heavy atom. The van der Waals surface area contributed by atoms with Gasteiger partial charge in [0, 0.05) is 5.69 Å². The minimum absolute atomic E-state index is 0.0582. The molecule has 7 nitrogen and oxygen atoms in total. The van der Waals surface area contributed by atoms with Crippen molar-refractivity contribution in [1.82, 2.24) is 0 Å². The number of primary amides is 1. The molecule has 27 heavy (non-hydrogen) atoms. The monoisotopic (exact) mass is 386 g/mol. The fourth-order valence-corrected chi connectivity index (χ4v) is 3.25. The van der Waals surface area contributed by atoms with E-state index in [1.165, 1.54) is 17.0 Å². The molecule has 140 valence electrons. The van der Waals surface area contributed by atoms with Crippen LogP contribution >= 0.6 is 11.6 Å². The van der Waals surface area contributed by atoms with Crippen LogP contribution in [0.15, 0.2) is 42.5 Å². The quantitative estimate of drug-likeness (QED) is 0.751. The minimum Gasteiger partial charge on any atom is -0.376 e. The third-order valence-corrected chi connectivity index (χ3v) is 4.75. The zero-order valence-electron chi connectivity index (χ0n) is 14.9. The first-order valence-electron chi connectivity index (χ1n) is 8.28. The van der Waals surface area contributed by atoms with E-state index in [0.29, 0.717) is 17.1 Å². The number of para-hydroxylation sites is 2. The Kier molecular flexibility index (Phi) is 4.80. The third-order valence-electron chi connectivity index (χ3n) is 4.44. The van der Waals surface area contributed by atoms with Crippen LogP contribution in [0, 0.1) is 0 Å². The van der Waals surface area contributed by atoms with Gasteiger partial charge in [-0.05, 0) is 44.2 Å². The Morgan fingerprint density at radius 2 is 1.93 bits per heavy atom. The van der Waals surface area contributed by atoms with Crippen molar-refractivity contribution in [3.63, 3.8) is 0 Å². The van der Waals surface area contributed by atoms with Gasteiger partial charge in [-0.15, -0.1) is 0 Å². The van der Waals surface area contributed by atoms with E-state index in [9.17, 15) is 14.4 Å². The summed E-state index contributed by atoms with van der Waals surface area (Å²) in [4.78, 5) is 38.1. The van der Waals surface area contributed by atoms with E-state index < -0.39 is 11.4 Å². The number of amides is 3. The summed E-state index contributed by atoms with van der Waals surface area (Å²) in [6.07, 6.45) is 0. The Hall–Kier alpha value is -3.06. The Labute approximate surface area is 161 Å². The predicted molar refractivity (Wildman–Crippen MR) is 105 cm³/mol. The molecule has 0 spiro atoms. The van der Waals surface area contributed by atoms with Crippen LogP contribution in [0.3, 0.4) is 0 Å². The highest BCUT2D eigenvalue weighted by Crippen LogP contribution is 2.36. The zero-order valence-corrected chi connectivity index (χ0v) is 15.6. The molecule has 8 heteroatoms. The van der Waals surface area contributed by atoms with Crippen molar-refractivity contribution in [3.8, 4) is 0 Å². The number of nitrogens with one attached hydrogen (secondary N) is 2. The number of rotatable bonds is 4. The molecule has 1 aliphatic heterocycles. The van der Waals surface area contributed by atoms with Crippen molar-refractivity contribution >= 4 is 46.4 Å². The molecule has 0 unspecified atom stereocenters. The molecule has 0 atom stereocenters. The molecule has 1 aliphatic rings. The van der Waals surface area contributed by atoms with Crippen LogP contribution in [0.5, 0.6) is 0 Å². The Balaban J connectivity index is 1.82. The van der Waals surface area contributed by atoms with E-state index in [-0.39, 0.29) is 28.9 Å². The van der Waals surface area contributed by atoms with Crippen LogP contribution in [0.1, 0.15) is 24.2 Å². The van der Waals surface area contributed by atoms with Crippen LogP contribution in [0.4, 0.5) is 17.1 Å². The zero-order chi connectivity index (χ0) is 19.8. The van der Waals surface area contributed by atoms with E-state index in [1.807, 2.05) is 6.07 Å².